The van der Waals surface area contributed by atoms with Crippen molar-refractivity contribution in [3.63, 3.8) is 0 Å². The molecule has 0 atom stereocenters. The first-order valence-corrected chi connectivity index (χ1v) is 7.58. The minimum Gasteiger partial charge on any atom is -0.454 e. The molecule has 1 N–H and O–H groups in total. The van der Waals surface area contributed by atoms with Crippen LogP contribution in [-0.4, -0.2) is 17.9 Å². The number of hydrogen-bond donors (Lipinski definition) is 1. The molecule has 0 aliphatic carbocycles. The Kier molecular flexibility index (Phi) is 3.81. The van der Waals surface area contributed by atoms with Gasteiger partial charge in [0.05, 0.1) is 12.1 Å². The summed E-state index contributed by atoms with van der Waals surface area (Å²) in [6, 6.07) is 12.7. The molecule has 25 heavy (non-hydrogen) atoms. The lowest BCUT2D eigenvalue weighted by molar-refractivity contribution is -0.115. The average Bonchev–Trinajstić information content (AvgIpc) is 3.24. The summed E-state index contributed by atoms with van der Waals surface area (Å²) >= 11 is 0. The van der Waals surface area contributed by atoms with Gasteiger partial charge in [0.15, 0.2) is 17.3 Å². The fourth-order valence-electron chi connectivity index (χ4n) is 2.49. The van der Waals surface area contributed by atoms with E-state index in [-0.39, 0.29) is 24.9 Å². The van der Waals surface area contributed by atoms with Gasteiger partial charge in [0.2, 0.25) is 12.7 Å². The molecule has 4 rings (SSSR count). The highest BCUT2D eigenvalue weighted by Gasteiger charge is 2.15. The number of fused-ring (bicyclic) bond motifs is 1. The number of aromatic nitrogens is 1. The molecule has 1 aliphatic rings. The third-order valence-corrected chi connectivity index (χ3v) is 3.69. The molecule has 1 aliphatic heterocycles. The highest BCUT2D eigenvalue weighted by atomic mass is 19.1. The molecule has 0 radical (unpaired) electrons. The van der Waals surface area contributed by atoms with E-state index in [0.717, 1.165) is 0 Å². The van der Waals surface area contributed by atoms with E-state index in [9.17, 15) is 9.18 Å². The molecule has 1 aromatic heterocycles. The number of nitrogens with zero attached hydrogens (tertiary/aromatic N) is 1. The zero-order valence-electron chi connectivity index (χ0n) is 13.0. The Labute approximate surface area is 142 Å². The number of benzene rings is 2. The molecule has 0 fully saturated rings. The van der Waals surface area contributed by atoms with Crippen molar-refractivity contribution >= 4 is 11.6 Å². The highest BCUT2D eigenvalue weighted by molar-refractivity contribution is 5.92. The van der Waals surface area contributed by atoms with E-state index in [0.29, 0.717) is 34.2 Å². The van der Waals surface area contributed by atoms with E-state index in [1.807, 2.05) is 0 Å². The van der Waals surface area contributed by atoms with Gasteiger partial charge in [-0.15, -0.1) is 0 Å². The maximum absolute atomic E-state index is 13.0. The fourth-order valence-corrected chi connectivity index (χ4v) is 2.49. The first-order chi connectivity index (χ1) is 12.2. The lowest BCUT2D eigenvalue weighted by Crippen LogP contribution is -2.14. The number of rotatable bonds is 4. The van der Waals surface area contributed by atoms with E-state index in [1.165, 1.54) is 12.1 Å². The molecule has 0 spiro atoms. The van der Waals surface area contributed by atoms with Crippen molar-refractivity contribution < 1.29 is 23.2 Å². The lowest BCUT2D eigenvalue weighted by atomic mass is 10.1. The molecule has 0 bridgehead atoms. The largest absolute Gasteiger partial charge is 0.454 e. The number of amides is 1. The molecule has 7 heteroatoms. The number of carbonyl (C=O) groups excluding carboxylic acids is 1. The van der Waals surface area contributed by atoms with Crippen LogP contribution >= 0.6 is 0 Å². The minimum absolute atomic E-state index is 0.0547. The minimum atomic E-state index is -0.327. The van der Waals surface area contributed by atoms with Crippen molar-refractivity contribution in [2.24, 2.45) is 0 Å². The molecule has 2 aromatic carbocycles. The van der Waals surface area contributed by atoms with Crippen LogP contribution in [0.1, 0.15) is 5.69 Å². The van der Waals surface area contributed by atoms with Crippen LogP contribution in [0.3, 0.4) is 0 Å². The molecule has 2 heterocycles. The summed E-state index contributed by atoms with van der Waals surface area (Å²) in [5.41, 5.74) is 1.78. The number of hydrogen-bond acceptors (Lipinski definition) is 5. The second-order valence-electron chi connectivity index (χ2n) is 5.48. The van der Waals surface area contributed by atoms with Crippen molar-refractivity contribution in [1.82, 2.24) is 5.16 Å². The van der Waals surface area contributed by atoms with Crippen LogP contribution in [0.4, 0.5) is 10.1 Å². The van der Waals surface area contributed by atoms with E-state index in [2.05, 4.69) is 10.5 Å². The summed E-state index contributed by atoms with van der Waals surface area (Å²) in [6.07, 6.45) is 0.0547. The topological polar surface area (TPSA) is 73.6 Å². The van der Waals surface area contributed by atoms with Crippen LogP contribution in [0.5, 0.6) is 11.5 Å². The van der Waals surface area contributed by atoms with E-state index >= 15 is 0 Å². The van der Waals surface area contributed by atoms with Gasteiger partial charge in [0.25, 0.3) is 0 Å². The predicted octanol–water partition coefficient (Wildman–Crippen LogP) is 3.39. The maximum Gasteiger partial charge on any atom is 0.231 e. The standard InChI is InChI=1S/C18H13FN2O4/c19-12-3-1-11(2-4-12)16-8-14(21-25-16)9-18(22)20-13-5-6-15-17(7-13)24-10-23-15/h1-8H,9-10H2,(H,20,22). The molecule has 0 saturated heterocycles. The smallest absolute Gasteiger partial charge is 0.231 e. The van der Waals surface area contributed by atoms with Crippen LogP contribution in [0.15, 0.2) is 53.1 Å². The van der Waals surface area contributed by atoms with Gasteiger partial charge in [-0.05, 0) is 36.4 Å². The third-order valence-electron chi connectivity index (χ3n) is 3.69. The van der Waals surface area contributed by atoms with Crippen molar-refractivity contribution in [2.75, 3.05) is 12.1 Å². The molecule has 6 nitrogen and oxygen atoms in total. The summed E-state index contributed by atoms with van der Waals surface area (Å²) in [7, 11) is 0. The Balaban J connectivity index is 1.42. The van der Waals surface area contributed by atoms with E-state index in [4.69, 9.17) is 14.0 Å². The number of halogens is 1. The molecule has 1 amide bonds. The lowest BCUT2D eigenvalue weighted by Gasteiger charge is -2.04. The molecule has 3 aromatic rings. The summed E-state index contributed by atoms with van der Waals surface area (Å²) in [5, 5.41) is 6.65. The Morgan fingerprint density at radius 3 is 2.72 bits per heavy atom. The monoisotopic (exact) mass is 340 g/mol. The number of carbonyl (C=O) groups is 1. The first-order valence-electron chi connectivity index (χ1n) is 7.58. The van der Waals surface area contributed by atoms with E-state index < -0.39 is 0 Å². The SMILES string of the molecule is O=C(Cc1cc(-c2ccc(F)cc2)on1)Nc1ccc2c(c1)OCO2. The van der Waals surface area contributed by atoms with Gasteiger partial charge in [-0.25, -0.2) is 4.39 Å². The highest BCUT2D eigenvalue weighted by Crippen LogP contribution is 2.34. The zero-order chi connectivity index (χ0) is 17.2. The Morgan fingerprint density at radius 1 is 1.08 bits per heavy atom. The summed E-state index contributed by atoms with van der Waals surface area (Å²) < 4.78 is 28.7. The number of anilines is 1. The van der Waals surface area contributed by atoms with E-state index in [1.54, 1.807) is 36.4 Å². The second-order valence-corrected chi connectivity index (χ2v) is 5.48. The van der Waals surface area contributed by atoms with Gasteiger partial charge in [-0.3, -0.25) is 4.79 Å². The number of ether oxygens (including phenoxy) is 2. The molecule has 126 valence electrons. The van der Waals surface area contributed by atoms with Gasteiger partial charge in [0, 0.05) is 23.4 Å². The van der Waals surface area contributed by atoms with Gasteiger partial charge < -0.3 is 19.3 Å². The summed E-state index contributed by atoms with van der Waals surface area (Å²) in [6.45, 7) is 0.178. The summed E-state index contributed by atoms with van der Waals surface area (Å²) in [4.78, 5) is 12.2. The zero-order valence-corrected chi connectivity index (χ0v) is 13.0. The van der Waals surface area contributed by atoms with Crippen LogP contribution in [0, 0.1) is 5.82 Å². The quantitative estimate of drug-likeness (QED) is 0.788. The predicted molar refractivity (Wildman–Crippen MR) is 86.8 cm³/mol. The van der Waals surface area contributed by atoms with Gasteiger partial charge in [-0.2, -0.15) is 0 Å². The number of nitrogens with one attached hydrogen (secondary N) is 1. The molecular formula is C18H13FN2O4. The first kappa shape index (κ1) is 15.2. The normalized spacial score (nSPS) is 12.2. The van der Waals surface area contributed by atoms with Crippen molar-refractivity contribution in [1.29, 1.82) is 0 Å². The van der Waals surface area contributed by atoms with Gasteiger partial charge >= 0.3 is 0 Å². The van der Waals surface area contributed by atoms with Crippen molar-refractivity contribution in [3.05, 3.63) is 60.0 Å². The van der Waals surface area contributed by atoms with Crippen molar-refractivity contribution in [3.8, 4) is 22.8 Å². The maximum atomic E-state index is 13.0. The van der Waals surface area contributed by atoms with Crippen LogP contribution in [-0.2, 0) is 11.2 Å². The third kappa shape index (κ3) is 3.30. The Bertz CT molecular complexity index is 921. The van der Waals surface area contributed by atoms with Gasteiger partial charge in [0.1, 0.15) is 5.82 Å². The molecule has 0 unspecified atom stereocenters. The Morgan fingerprint density at radius 2 is 1.88 bits per heavy atom. The van der Waals surface area contributed by atoms with Crippen LogP contribution < -0.4 is 14.8 Å². The average molecular weight is 340 g/mol. The molecular weight excluding hydrogens is 327 g/mol. The molecule has 0 saturated carbocycles. The van der Waals surface area contributed by atoms with Gasteiger partial charge in [-0.1, -0.05) is 5.16 Å². The van der Waals surface area contributed by atoms with Crippen molar-refractivity contribution in [2.45, 2.75) is 6.42 Å². The fraction of sp³-hybridized carbons (Fsp3) is 0.111. The van der Waals surface area contributed by atoms with Crippen LogP contribution in [0.25, 0.3) is 11.3 Å². The Hall–Kier alpha value is -3.35. The summed E-state index contributed by atoms with van der Waals surface area (Å²) in [5.74, 6) is 1.16. The second kappa shape index (κ2) is 6.27. The van der Waals surface area contributed by atoms with Crippen LogP contribution in [0.2, 0.25) is 0 Å².